The van der Waals surface area contributed by atoms with Crippen LogP contribution in [0.25, 0.3) is 5.65 Å². The first kappa shape index (κ1) is 8.67. The molecule has 3 heterocycles. The van der Waals surface area contributed by atoms with Crippen molar-refractivity contribution in [1.82, 2.24) is 19.9 Å². The van der Waals surface area contributed by atoms with Crippen LogP contribution < -0.4 is 11.1 Å². The molecule has 0 aromatic carbocycles. The van der Waals surface area contributed by atoms with Crippen molar-refractivity contribution in [2.24, 2.45) is 0 Å². The summed E-state index contributed by atoms with van der Waals surface area (Å²) in [7, 11) is 0. The van der Waals surface area contributed by atoms with E-state index in [0.717, 1.165) is 24.4 Å². The van der Waals surface area contributed by atoms with Crippen molar-refractivity contribution in [2.75, 3.05) is 12.3 Å². The fourth-order valence-corrected chi connectivity index (χ4v) is 1.99. The highest BCUT2D eigenvalue weighted by molar-refractivity contribution is 5.46. The summed E-state index contributed by atoms with van der Waals surface area (Å²) >= 11 is 0. The number of nitrogen functional groups attached to an aromatic ring is 1. The number of nitrogens with zero attached hydrogens (tertiary/aromatic N) is 3. The Hall–Kier alpha value is -1.62. The standard InChI is InChI=1S/C10H13N5/c11-8-4-1-5-9-13-10(14-15(8)9)7-3-2-6-12-7/h1,4-5,7,12H,2-3,6,11H2. The molecule has 2 aromatic rings. The highest BCUT2D eigenvalue weighted by Gasteiger charge is 2.20. The molecule has 2 aromatic heterocycles. The minimum absolute atomic E-state index is 0.296. The van der Waals surface area contributed by atoms with Gasteiger partial charge in [-0.2, -0.15) is 4.52 Å². The normalized spacial score (nSPS) is 21.2. The average Bonchev–Trinajstić information content (AvgIpc) is 2.86. The van der Waals surface area contributed by atoms with Gasteiger partial charge in [0.1, 0.15) is 5.82 Å². The third-order valence-electron chi connectivity index (χ3n) is 2.78. The van der Waals surface area contributed by atoms with E-state index in [0.29, 0.717) is 11.9 Å². The second-order valence-electron chi connectivity index (χ2n) is 3.84. The molecule has 3 rings (SSSR count). The van der Waals surface area contributed by atoms with Gasteiger partial charge in [0.15, 0.2) is 11.5 Å². The third kappa shape index (κ3) is 1.35. The SMILES string of the molecule is Nc1cccc2nc(C3CCCN3)nn12. The quantitative estimate of drug-likeness (QED) is 0.717. The Bertz CT molecular complexity index is 484. The number of hydrogen-bond acceptors (Lipinski definition) is 4. The van der Waals surface area contributed by atoms with Crippen molar-refractivity contribution in [3.63, 3.8) is 0 Å². The fourth-order valence-electron chi connectivity index (χ4n) is 1.99. The van der Waals surface area contributed by atoms with E-state index in [2.05, 4.69) is 15.4 Å². The molecule has 78 valence electrons. The Morgan fingerprint density at radius 1 is 1.47 bits per heavy atom. The van der Waals surface area contributed by atoms with Crippen LogP contribution >= 0.6 is 0 Å². The Morgan fingerprint density at radius 3 is 3.13 bits per heavy atom. The molecule has 1 aliphatic rings. The predicted octanol–water partition coefficient (Wildman–Crippen LogP) is 0.736. The van der Waals surface area contributed by atoms with E-state index in [4.69, 9.17) is 5.73 Å². The minimum atomic E-state index is 0.296. The molecule has 1 aliphatic heterocycles. The van der Waals surface area contributed by atoms with E-state index in [1.807, 2.05) is 18.2 Å². The Labute approximate surface area is 87.3 Å². The fraction of sp³-hybridized carbons (Fsp3) is 0.400. The summed E-state index contributed by atoms with van der Waals surface area (Å²) in [5.41, 5.74) is 6.63. The second-order valence-corrected chi connectivity index (χ2v) is 3.84. The van der Waals surface area contributed by atoms with Gasteiger partial charge in [0.25, 0.3) is 0 Å². The topological polar surface area (TPSA) is 68.2 Å². The molecule has 3 N–H and O–H groups in total. The number of nitrogens with two attached hydrogens (primary N) is 1. The first-order chi connectivity index (χ1) is 7.34. The molecule has 0 bridgehead atoms. The molecular formula is C10H13N5. The van der Waals surface area contributed by atoms with Crippen molar-refractivity contribution in [2.45, 2.75) is 18.9 Å². The molecule has 1 unspecified atom stereocenters. The lowest BCUT2D eigenvalue weighted by atomic mass is 10.2. The maximum absolute atomic E-state index is 5.81. The lowest BCUT2D eigenvalue weighted by molar-refractivity contribution is 0.605. The number of pyridine rings is 1. The third-order valence-corrected chi connectivity index (χ3v) is 2.78. The molecule has 0 saturated carbocycles. The van der Waals surface area contributed by atoms with Gasteiger partial charge in [-0.05, 0) is 31.5 Å². The minimum Gasteiger partial charge on any atom is -0.384 e. The van der Waals surface area contributed by atoms with Crippen LogP contribution in [-0.2, 0) is 0 Å². The Balaban J connectivity index is 2.09. The molecule has 0 spiro atoms. The molecular weight excluding hydrogens is 190 g/mol. The molecule has 0 aliphatic carbocycles. The van der Waals surface area contributed by atoms with Crippen molar-refractivity contribution in [1.29, 1.82) is 0 Å². The van der Waals surface area contributed by atoms with Gasteiger partial charge in [0.2, 0.25) is 0 Å². The van der Waals surface area contributed by atoms with Crippen LogP contribution in [0, 0.1) is 0 Å². The van der Waals surface area contributed by atoms with Gasteiger partial charge in [-0.1, -0.05) is 6.07 Å². The first-order valence-corrected chi connectivity index (χ1v) is 5.19. The van der Waals surface area contributed by atoms with Crippen molar-refractivity contribution in [3.8, 4) is 0 Å². The maximum atomic E-state index is 5.81. The summed E-state index contributed by atoms with van der Waals surface area (Å²) in [5.74, 6) is 1.48. The van der Waals surface area contributed by atoms with Crippen LogP contribution in [0.3, 0.4) is 0 Å². The zero-order valence-electron chi connectivity index (χ0n) is 8.35. The number of aromatic nitrogens is 3. The molecule has 1 saturated heterocycles. The molecule has 5 nitrogen and oxygen atoms in total. The zero-order valence-corrected chi connectivity index (χ0v) is 8.35. The Morgan fingerprint density at radius 2 is 2.40 bits per heavy atom. The highest BCUT2D eigenvalue weighted by Crippen LogP contribution is 2.21. The summed E-state index contributed by atoms with van der Waals surface area (Å²) in [6.07, 6.45) is 2.30. The van der Waals surface area contributed by atoms with Crippen molar-refractivity contribution >= 4 is 11.5 Å². The van der Waals surface area contributed by atoms with Gasteiger partial charge >= 0.3 is 0 Å². The van der Waals surface area contributed by atoms with Gasteiger partial charge in [-0.15, -0.1) is 5.10 Å². The molecule has 15 heavy (non-hydrogen) atoms. The van der Waals surface area contributed by atoms with Crippen LogP contribution in [0.15, 0.2) is 18.2 Å². The van der Waals surface area contributed by atoms with Crippen LogP contribution in [0.5, 0.6) is 0 Å². The van der Waals surface area contributed by atoms with Gasteiger partial charge in [-0.3, -0.25) is 0 Å². The van der Waals surface area contributed by atoms with Gasteiger partial charge in [-0.25, -0.2) is 4.98 Å². The highest BCUT2D eigenvalue weighted by atomic mass is 15.3. The lowest BCUT2D eigenvalue weighted by Gasteiger charge is -2.02. The molecule has 0 amide bonds. The largest absolute Gasteiger partial charge is 0.384 e. The van der Waals surface area contributed by atoms with Crippen LogP contribution in [0.4, 0.5) is 5.82 Å². The van der Waals surface area contributed by atoms with Crippen molar-refractivity contribution in [3.05, 3.63) is 24.0 Å². The predicted molar refractivity (Wildman–Crippen MR) is 57.4 cm³/mol. The number of nitrogens with one attached hydrogen (secondary N) is 1. The van der Waals surface area contributed by atoms with E-state index >= 15 is 0 Å². The average molecular weight is 203 g/mol. The van der Waals surface area contributed by atoms with E-state index in [1.165, 1.54) is 6.42 Å². The van der Waals surface area contributed by atoms with Crippen LogP contribution in [0.2, 0.25) is 0 Å². The van der Waals surface area contributed by atoms with Gasteiger partial charge < -0.3 is 11.1 Å². The smallest absolute Gasteiger partial charge is 0.168 e. The van der Waals surface area contributed by atoms with Gasteiger partial charge in [0, 0.05) is 0 Å². The number of fused-ring (bicyclic) bond motifs is 1. The molecule has 1 atom stereocenters. The summed E-state index contributed by atoms with van der Waals surface area (Å²) in [5, 5.41) is 7.79. The number of hydrogen-bond donors (Lipinski definition) is 2. The summed E-state index contributed by atoms with van der Waals surface area (Å²) in [6, 6.07) is 5.94. The monoisotopic (exact) mass is 203 g/mol. The van der Waals surface area contributed by atoms with E-state index in [9.17, 15) is 0 Å². The second kappa shape index (κ2) is 3.20. The van der Waals surface area contributed by atoms with Crippen LogP contribution in [-0.4, -0.2) is 21.1 Å². The molecule has 5 heteroatoms. The lowest BCUT2D eigenvalue weighted by Crippen LogP contribution is -2.14. The number of rotatable bonds is 1. The van der Waals surface area contributed by atoms with E-state index in [-0.39, 0.29) is 0 Å². The first-order valence-electron chi connectivity index (χ1n) is 5.19. The van der Waals surface area contributed by atoms with Gasteiger partial charge in [0.05, 0.1) is 6.04 Å². The Kier molecular flexibility index (Phi) is 1.85. The summed E-state index contributed by atoms with van der Waals surface area (Å²) in [6.45, 7) is 1.05. The molecule has 1 fully saturated rings. The van der Waals surface area contributed by atoms with E-state index < -0.39 is 0 Å². The molecule has 0 radical (unpaired) electrons. The number of anilines is 1. The maximum Gasteiger partial charge on any atom is 0.168 e. The summed E-state index contributed by atoms with van der Waals surface area (Å²) in [4.78, 5) is 4.46. The zero-order chi connectivity index (χ0) is 10.3. The van der Waals surface area contributed by atoms with Crippen LogP contribution in [0.1, 0.15) is 24.7 Å². The van der Waals surface area contributed by atoms with E-state index in [1.54, 1.807) is 4.52 Å². The summed E-state index contributed by atoms with van der Waals surface area (Å²) < 4.78 is 1.69. The van der Waals surface area contributed by atoms with Crippen molar-refractivity contribution < 1.29 is 0 Å².